The standard InChI is InChI=1S/C15H20ClN3OS/c1-10-5-2-3-8-13(10)17-15(21)19-18-14(20)11-6-4-7-12(16)9-11/h4,6-7,9-10,13H,2-3,5,8H2,1H3,(H,18,20)(H2,17,19,21)/t10-,13-/m1/s1. The lowest BCUT2D eigenvalue weighted by atomic mass is 9.86. The van der Waals surface area contributed by atoms with Gasteiger partial charge in [0.2, 0.25) is 0 Å². The Hall–Kier alpha value is -1.33. The van der Waals surface area contributed by atoms with Crippen LogP contribution in [0.15, 0.2) is 24.3 Å². The average Bonchev–Trinajstić information content (AvgIpc) is 2.47. The van der Waals surface area contributed by atoms with Crippen LogP contribution in [-0.4, -0.2) is 17.1 Å². The molecule has 6 heteroatoms. The molecule has 3 N–H and O–H groups in total. The van der Waals surface area contributed by atoms with E-state index < -0.39 is 0 Å². The zero-order chi connectivity index (χ0) is 15.2. The number of benzene rings is 1. The highest BCUT2D eigenvalue weighted by Crippen LogP contribution is 2.23. The lowest BCUT2D eigenvalue weighted by Gasteiger charge is -2.30. The fourth-order valence-electron chi connectivity index (χ4n) is 2.55. The molecular formula is C15H20ClN3OS. The normalized spacial score (nSPS) is 21.4. The Balaban J connectivity index is 1.79. The second-order valence-electron chi connectivity index (χ2n) is 5.43. The summed E-state index contributed by atoms with van der Waals surface area (Å²) < 4.78 is 0. The summed E-state index contributed by atoms with van der Waals surface area (Å²) in [6.45, 7) is 2.23. The first-order valence-corrected chi connectivity index (χ1v) is 7.97. The molecule has 21 heavy (non-hydrogen) atoms. The molecule has 1 aromatic rings. The summed E-state index contributed by atoms with van der Waals surface area (Å²) in [5.41, 5.74) is 5.81. The smallest absolute Gasteiger partial charge is 0.269 e. The van der Waals surface area contributed by atoms with E-state index in [1.807, 2.05) is 0 Å². The first-order chi connectivity index (χ1) is 10.1. The second-order valence-corrected chi connectivity index (χ2v) is 6.28. The minimum Gasteiger partial charge on any atom is -0.358 e. The first kappa shape index (κ1) is 16.0. The molecule has 0 unspecified atom stereocenters. The van der Waals surface area contributed by atoms with Gasteiger partial charge in [-0.1, -0.05) is 37.4 Å². The quantitative estimate of drug-likeness (QED) is 0.578. The van der Waals surface area contributed by atoms with Crippen LogP contribution in [-0.2, 0) is 0 Å². The number of hydrazine groups is 1. The fraction of sp³-hybridized carbons (Fsp3) is 0.467. The van der Waals surface area contributed by atoms with Crippen molar-refractivity contribution < 1.29 is 4.79 Å². The van der Waals surface area contributed by atoms with Gasteiger partial charge in [0.15, 0.2) is 5.11 Å². The van der Waals surface area contributed by atoms with E-state index in [9.17, 15) is 4.79 Å². The second kappa shape index (κ2) is 7.61. The Morgan fingerprint density at radius 3 is 2.76 bits per heavy atom. The summed E-state index contributed by atoms with van der Waals surface area (Å²) in [5, 5.41) is 4.24. The molecule has 0 aromatic heterocycles. The van der Waals surface area contributed by atoms with Gasteiger partial charge in [-0.15, -0.1) is 0 Å². The largest absolute Gasteiger partial charge is 0.358 e. The molecule has 2 rings (SSSR count). The Morgan fingerprint density at radius 1 is 1.29 bits per heavy atom. The van der Waals surface area contributed by atoms with Gasteiger partial charge in [0.05, 0.1) is 0 Å². The van der Waals surface area contributed by atoms with E-state index in [-0.39, 0.29) is 5.91 Å². The number of amides is 1. The molecule has 0 bridgehead atoms. The van der Waals surface area contributed by atoms with Gasteiger partial charge in [0, 0.05) is 16.6 Å². The molecule has 1 aromatic carbocycles. The van der Waals surface area contributed by atoms with Crippen molar-refractivity contribution in [2.24, 2.45) is 5.92 Å². The maximum Gasteiger partial charge on any atom is 0.269 e. The highest BCUT2D eigenvalue weighted by Gasteiger charge is 2.21. The molecule has 0 spiro atoms. The van der Waals surface area contributed by atoms with Crippen molar-refractivity contribution in [3.05, 3.63) is 34.9 Å². The molecule has 1 fully saturated rings. The number of halogens is 1. The van der Waals surface area contributed by atoms with E-state index in [1.54, 1.807) is 24.3 Å². The summed E-state index contributed by atoms with van der Waals surface area (Å²) in [6, 6.07) is 7.14. The van der Waals surface area contributed by atoms with Crippen LogP contribution in [0.25, 0.3) is 0 Å². The number of nitrogens with one attached hydrogen (secondary N) is 3. The summed E-state index contributed by atoms with van der Waals surface area (Å²) in [5.74, 6) is 0.334. The molecule has 1 saturated carbocycles. The van der Waals surface area contributed by atoms with Crippen molar-refractivity contribution in [3.63, 3.8) is 0 Å². The molecule has 0 heterocycles. The number of hydrogen-bond acceptors (Lipinski definition) is 2. The van der Waals surface area contributed by atoms with Gasteiger partial charge in [-0.3, -0.25) is 15.6 Å². The monoisotopic (exact) mass is 325 g/mol. The molecule has 0 radical (unpaired) electrons. The predicted octanol–water partition coefficient (Wildman–Crippen LogP) is 3.03. The number of rotatable bonds is 2. The number of hydrogen-bond donors (Lipinski definition) is 3. The van der Waals surface area contributed by atoms with Crippen LogP contribution in [0.3, 0.4) is 0 Å². The van der Waals surface area contributed by atoms with Crippen molar-refractivity contribution in [2.45, 2.75) is 38.6 Å². The van der Waals surface area contributed by atoms with Gasteiger partial charge in [-0.2, -0.15) is 0 Å². The highest BCUT2D eigenvalue weighted by atomic mass is 35.5. The maximum atomic E-state index is 11.9. The van der Waals surface area contributed by atoms with Crippen LogP contribution in [0.1, 0.15) is 43.0 Å². The molecule has 1 amide bonds. The molecular weight excluding hydrogens is 306 g/mol. The zero-order valence-electron chi connectivity index (χ0n) is 12.0. The lowest BCUT2D eigenvalue weighted by Crippen LogP contribution is -2.51. The molecule has 0 saturated heterocycles. The summed E-state index contributed by atoms with van der Waals surface area (Å²) >= 11 is 11.1. The van der Waals surface area contributed by atoms with Gasteiger partial charge in [0.25, 0.3) is 5.91 Å². The predicted molar refractivity (Wildman–Crippen MR) is 89.2 cm³/mol. The minimum absolute atomic E-state index is 0.265. The van der Waals surface area contributed by atoms with Gasteiger partial charge >= 0.3 is 0 Å². The summed E-state index contributed by atoms with van der Waals surface area (Å²) in [4.78, 5) is 11.9. The van der Waals surface area contributed by atoms with Crippen LogP contribution in [0, 0.1) is 5.92 Å². The van der Waals surface area contributed by atoms with Gasteiger partial charge in [-0.25, -0.2) is 0 Å². The third-order valence-corrected chi connectivity index (χ3v) is 4.26. The van der Waals surface area contributed by atoms with E-state index in [4.69, 9.17) is 23.8 Å². The summed E-state index contributed by atoms with van der Waals surface area (Å²) in [6.07, 6.45) is 4.84. The molecule has 4 nitrogen and oxygen atoms in total. The maximum absolute atomic E-state index is 11.9. The van der Waals surface area contributed by atoms with Crippen molar-refractivity contribution in [3.8, 4) is 0 Å². The van der Waals surface area contributed by atoms with Crippen molar-refractivity contribution in [1.82, 2.24) is 16.2 Å². The van der Waals surface area contributed by atoms with Gasteiger partial charge in [-0.05, 0) is 49.2 Å². The molecule has 114 valence electrons. The van der Waals surface area contributed by atoms with Crippen molar-refractivity contribution in [1.29, 1.82) is 0 Å². The molecule has 0 aliphatic heterocycles. The van der Waals surface area contributed by atoms with Crippen LogP contribution >= 0.6 is 23.8 Å². The van der Waals surface area contributed by atoms with E-state index in [0.717, 1.165) is 6.42 Å². The van der Waals surface area contributed by atoms with Gasteiger partial charge < -0.3 is 5.32 Å². The third kappa shape index (κ3) is 4.86. The Labute approximate surface area is 135 Å². The average molecular weight is 326 g/mol. The SMILES string of the molecule is C[C@@H]1CCCC[C@H]1NC(=S)NNC(=O)c1cccc(Cl)c1. The Kier molecular flexibility index (Phi) is 5.82. The van der Waals surface area contributed by atoms with E-state index in [1.165, 1.54) is 19.3 Å². The van der Waals surface area contributed by atoms with Crippen molar-refractivity contribution in [2.75, 3.05) is 0 Å². The molecule has 1 aliphatic carbocycles. The minimum atomic E-state index is -0.265. The Morgan fingerprint density at radius 2 is 2.05 bits per heavy atom. The van der Waals surface area contributed by atoms with E-state index in [2.05, 4.69) is 23.1 Å². The molecule has 2 atom stereocenters. The summed E-state index contributed by atoms with van der Waals surface area (Å²) in [7, 11) is 0. The number of carbonyl (C=O) groups is 1. The number of carbonyl (C=O) groups excluding carboxylic acids is 1. The van der Waals surface area contributed by atoms with E-state index >= 15 is 0 Å². The van der Waals surface area contributed by atoms with Crippen LogP contribution in [0.4, 0.5) is 0 Å². The van der Waals surface area contributed by atoms with Crippen LogP contribution in [0.5, 0.6) is 0 Å². The fourth-order valence-corrected chi connectivity index (χ4v) is 2.94. The topological polar surface area (TPSA) is 53.2 Å². The number of thiocarbonyl (C=S) groups is 1. The molecule has 1 aliphatic rings. The van der Waals surface area contributed by atoms with Crippen molar-refractivity contribution >= 4 is 34.8 Å². The Bertz CT molecular complexity index is 523. The van der Waals surface area contributed by atoms with Crippen LogP contribution < -0.4 is 16.2 Å². The van der Waals surface area contributed by atoms with Crippen LogP contribution in [0.2, 0.25) is 5.02 Å². The third-order valence-electron chi connectivity index (χ3n) is 3.80. The van der Waals surface area contributed by atoms with E-state index in [0.29, 0.717) is 27.7 Å². The zero-order valence-corrected chi connectivity index (χ0v) is 13.6. The highest BCUT2D eigenvalue weighted by molar-refractivity contribution is 7.80. The van der Waals surface area contributed by atoms with Gasteiger partial charge in [0.1, 0.15) is 0 Å². The lowest BCUT2D eigenvalue weighted by molar-refractivity contribution is 0.0943. The first-order valence-electron chi connectivity index (χ1n) is 7.18.